The Bertz CT molecular complexity index is 683. The van der Waals surface area contributed by atoms with Gasteiger partial charge in [-0.3, -0.25) is 14.5 Å². The Morgan fingerprint density at radius 1 is 1.21 bits per heavy atom. The summed E-state index contributed by atoms with van der Waals surface area (Å²) in [4.78, 5) is 36.9. The molecule has 0 spiro atoms. The fraction of sp³-hybridized carbons (Fsp3) is 0.526. The average molecular weight is 411 g/mol. The standard InChI is InChI=1S/C19H26N4O4.ClH/c1-27-13-19(6-8-20-9-7-19)12-22-17(25)15-4-2-14(3-5-15)11-23-16(24)10-21-18(23)26;/h2-5,20H,6-13H2,1H3,(H,21,26)(H,22,25);1H. The summed E-state index contributed by atoms with van der Waals surface area (Å²) in [7, 11) is 1.69. The molecule has 0 bridgehead atoms. The number of hydrogen-bond acceptors (Lipinski definition) is 5. The third-order valence-electron chi connectivity index (χ3n) is 5.23. The molecule has 2 aliphatic heterocycles. The molecule has 0 atom stereocenters. The summed E-state index contributed by atoms with van der Waals surface area (Å²) in [6.07, 6.45) is 1.93. The third-order valence-corrected chi connectivity index (χ3v) is 5.23. The Morgan fingerprint density at radius 3 is 2.46 bits per heavy atom. The number of hydrogen-bond donors (Lipinski definition) is 3. The van der Waals surface area contributed by atoms with Crippen molar-refractivity contribution in [3.05, 3.63) is 35.4 Å². The summed E-state index contributed by atoms with van der Waals surface area (Å²) in [5.74, 6) is -0.377. The van der Waals surface area contributed by atoms with E-state index in [2.05, 4.69) is 16.0 Å². The zero-order valence-electron chi connectivity index (χ0n) is 16.0. The van der Waals surface area contributed by atoms with Crippen molar-refractivity contribution in [3.8, 4) is 0 Å². The minimum Gasteiger partial charge on any atom is -0.384 e. The second-order valence-electron chi connectivity index (χ2n) is 7.20. The van der Waals surface area contributed by atoms with Gasteiger partial charge in [0.25, 0.3) is 5.91 Å². The molecule has 9 heteroatoms. The molecule has 2 heterocycles. The molecule has 8 nitrogen and oxygen atoms in total. The van der Waals surface area contributed by atoms with Gasteiger partial charge in [-0.25, -0.2) is 4.79 Å². The van der Waals surface area contributed by atoms with Gasteiger partial charge in [0.2, 0.25) is 5.91 Å². The van der Waals surface area contributed by atoms with Crippen LogP contribution in [0.4, 0.5) is 4.79 Å². The highest BCUT2D eigenvalue weighted by Gasteiger charge is 2.32. The predicted molar refractivity (Wildman–Crippen MR) is 106 cm³/mol. The van der Waals surface area contributed by atoms with E-state index in [-0.39, 0.29) is 48.8 Å². The summed E-state index contributed by atoms with van der Waals surface area (Å²) in [6, 6.07) is 6.59. The van der Waals surface area contributed by atoms with E-state index < -0.39 is 0 Å². The van der Waals surface area contributed by atoms with Gasteiger partial charge in [-0.15, -0.1) is 12.4 Å². The lowest BCUT2D eigenvalue weighted by Crippen LogP contribution is -2.47. The smallest absolute Gasteiger partial charge is 0.324 e. The third kappa shape index (κ3) is 5.21. The minimum absolute atomic E-state index is 0. The van der Waals surface area contributed by atoms with Gasteiger partial charge in [-0.05, 0) is 43.6 Å². The van der Waals surface area contributed by atoms with E-state index in [1.54, 1.807) is 31.4 Å². The molecule has 0 radical (unpaired) electrons. The Labute approximate surface area is 170 Å². The van der Waals surface area contributed by atoms with Crippen LogP contribution in [-0.4, -0.2) is 62.6 Å². The number of halogens is 1. The second kappa shape index (κ2) is 9.86. The molecule has 3 rings (SSSR count). The number of ether oxygens (including phenoxy) is 1. The number of carbonyl (C=O) groups is 3. The number of nitrogens with zero attached hydrogens (tertiary/aromatic N) is 1. The number of urea groups is 1. The molecule has 1 aromatic carbocycles. The van der Waals surface area contributed by atoms with E-state index in [4.69, 9.17) is 4.74 Å². The number of benzene rings is 1. The van der Waals surface area contributed by atoms with E-state index in [1.807, 2.05) is 0 Å². The molecule has 0 unspecified atom stereocenters. The highest BCUT2D eigenvalue weighted by molar-refractivity contribution is 6.01. The second-order valence-corrected chi connectivity index (χ2v) is 7.20. The molecule has 0 aromatic heterocycles. The Morgan fingerprint density at radius 2 is 1.89 bits per heavy atom. The molecule has 2 aliphatic rings. The molecule has 0 saturated carbocycles. The van der Waals surface area contributed by atoms with Gasteiger partial charge < -0.3 is 20.7 Å². The number of rotatable bonds is 7. The van der Waals surface area contributed by atoms with Crippen molar-refractivity contribution in [2.24, 2.45) is 5.41 Å². The topological polar surface area (TPSA) is 99.8 Å². The van der Waals surface area contributed by atoms with Crippen LogP contribution in [0.2, 0.25) is 0 Å². The average Bonchev–Trinajstić information content (AvgIpc) is 3.00. The quantitative estimate of drug-likeness (QED) is 0.580. The summed E-state index contributed by atoms with van der Waals surface area (Å²) >= 11 is 0. The van der Waals surface area contributed by atoms with E-state index >= 15 is 0 Å². The minimum atomic E-state index is -0.382. The van der Waals surface area contributed by atoms with Crippen molar-refractivity contribution in [1.82, 2.24) is 20.9 Å². The maximum Gasteiger partial charge on any atom is 0.324 e. The first kappa shape index (κ1) is 22.1. The summed E-state index contributed by atoms with van der Waals surface area (Å²) in [5, 5.41) is 8.85. The van der Waals surface area contributed by atoms with Crippen molar-refractivity contribution in [2.75, 3.05) is 39.9 Å². The van der Waals surface area contributed by atoms with E-state index in [9.17, 15) is 14.4 Å². The molecule has 2 fully saturated rings. The molecule has 4 amide bonds. The zero-order valence-corrected chi connectivity index (χ0v) is 16.8. The van der Waals surface area contributed by atoms with Crippen molar-refractivity contribution in [2.45, 2.75) is 19.4 Å². The van der Waals surface area contributed by atoms with Gasteiger partial charge in [0, 0.05) is 24.6 Å². The fourth-order valence-corrected chi connectivity index (χ4v) is 3.56. The first-order chi connectivity index (χ1) is 13.0. The SMILES string of the molecule is COCC1(CNC(=O)c2ccc(CN3C(=O)CNC3=O)cc2)CCNCC1.Cl. The van der Waals surface area contributed by atoms with Crippen LogP contribution >= 0.6 is 12.4 Å². The lowest BCUT2D eigenvalue weighted by Gasteiger charge is -2.37. The van der Waals surface area contributed by atoms with Gasteiger partial charge in [0.15, 0.2) is 0 Å². The molecule has 1 aromatic rings. The van der Waals surface area contributed by atoms with E-state index in [1.165, 1.54) is 4.90 Å². The number of piperidine rings is 1. The van der Waals surface area contributed by atoms with Crippen LogP contribution in [0.15, 0.2) is 24.3 Å². The van der Waals surface area contributed by atoms with Crippen LogP contribution in [0.25, 0.3) is 0 Å². The molecule has 0 aliphatic carbocycles. The molecule has 2 saturated heterocycles. The normalized spacial score (nSPS) is 18.4. The summed E-state index contributed by atoms with van der Waals surface area (Å²) in [6.45, 7) is 3.30. The van der Waals surface area contributed by atoms with Gasteiger partial charge in [-0.2, -0.15) is 0 Å². The van der Waals surface area contributed by atoms with Crippen LogP contribution < -0.4 is 16.0 Å². The number of imide groups is 1. The Kier molecular flexibility index (Phi) is 7.79. The van der Waals surface area contributed by atoms with E-state index in [0.29, 0.717) is 18.7 Å². The molecule has 28 heavy (non-hydrogen) atoms. The number of amides is 4. The number of methoxy groups -OCH3 is 1. The van der Waals surface area contributed by atoms with Gasteiger partial charge >= 0.3 is 6.03 Å². The summed E-state index contributed by atoms with van der Waals surface area (Å²) in [5.41, 5.74) is 1.32. The summed E-state index contributed by atoms with van der Waals surface area (Å²) < 4.78 is 5.38. The maximum atomic E-state index is 12.5. The van der Waals surface area contributed by atoms with Crippen LogP contribution in [0.5, 0.6) is 0 Å². The molecular weight excluding hydrogens is 384 g/mol. The van der Waals surface area contributed by atoms with Crippen LogP contribution in [0, 0.1) is 5.41 Å². The van der Waals surface area contributed by atoms with Crippen molar-refractivity contribution >= 4 is 30.3 Å². The number of carbonyl (C=O) groups excluding carboxylic acids is 3. The fourth-order valence-electron chi connectivity index (χ4n) is 3.56. The van der Waals surface area contributed by atoms with Crippen LogP contribution in [0.3, 0.4) is 0 Å². The van der Waals surface area contributed by atoms with Crippen molar-refractivity contribution in [3.63, 3.8) is 0 Å². The molecular formula is C19H27ClN4O4. The van der Waals surface area contributed by atoms with E-state index in [0.717, 1.165) is 31.5 Å². The predicted octanol–water partition coefficient (Wildman–Crippen LogP) is 0.906. The first-order valence-corrected chi connectivity index (χ1v) is 9.18. The number of nitrogens with one attached hydrogen (secondary N) is 3. The van der Waals surface area contributed by atoms with Gasteiger partial charge in [-0.1, -0.05) is 12.1 Å². The van der Waals surface area contributed by atoms with Crippen LogP contribution in [-0.2, 0) is 16.1 Å². The van der Waals surface area contributed by atoms with Crippen LogP contribution in [0.1, 0.15) is 28.8 Å². The molecule has 3 N–H and O–H groups in total. The highest BCUT2D eigenvalue weighted by Crippen LogP contribution is 2.28. The first-order valence-electron chi connectivity index (χ1n) is 9.18. The van der Waals surface area contributed by atoms with Crippen molar-refractivity contribution in [1.29, 1.82) is 0 Å². The molecule has 154 valence electrons. The monoisotopic (exact) mass is 410 g/mol. The largest absolute Gasteiger partial charge is 0.384 e. The lowest BCUT2D eigenvalue weighted by molar-refractivity contribution is -0.125. The Hall–Kier alpha value is -2.16. The highest BCUT2D eigenvalue weighted by atomic mass is 35.5. The van der Waals surface area contributed by atoms with Gasteiger partial charge in [0.05, 0.1) is 19.7 Å². The van der Waals surface area contributed by atoms with Crippen molar-refractivity contribution < 1.29 is 19.1 Å². The Balaban J connectivity index is 0.00000280. The maximum absolute atomic E-state index is 12.5. The lowest BCUT2D eigenvalue weighted by atomic mass is 9.79. The van der Waals surface area contributed by atoms with Gasteiger partial charge in [0.1, 0.15) is 0 Å². The zero-order chi connectivity index (χ0) is 19.3.